The fraction of sp³-hybridized carbons (Fsp3) is 0.286. The van der Waals surface area contributed by atoms with E-state index in [9.17, 15) is 5.11 Å². The predicted octanol–water partition coefficient (Wildman–Crippen LogP) is 5.35. The van der Waals surface area contributed by atoms with Crippen molar-refractivity contribution in [2.75, 3.05) is 6.61 Å². The van der Waals surface area contributed by atoms with Crippen molar-refractivity contribution in [1.29, 1.82) is 0 Å². The lowest BCUT2D eigenvalue weighted by molar-refractivity contribution is -0.121. The van der Waals surface area contributed by atoms with Crippen LogP contribution in [-0.4, -0.2) is 36.1 Å². The maximum absolute atomic E-state index is 11.3. The summed E-state index contributed by atoms with van der Waals surface area (Å²) in [6.45, 7) is 1.24. The van der Waals surface area contributed by atoms with Crippen LogP contribution in [0.1, 0.15) is 16.7 Å². The van der Waals surface area contributed by atoms with E-state index in [4.69, 9.17) is 19.7 Å². The number of hydrogen-bond acceptors (Lipinski definition) is 5. The van der Waals surface area contributed by atoms with Crippen molar-refractivity contribution < 1.29 is 19.3 Å². The molecule has 35 heavy (non-hydrogen) atoms. The fourth-order valence-electron chi connectivity index (χ4n) is 4.08. The molecule has 0 aromatic heterocycles. The maximum Gasteiger partial charge on any atom is 0.111 e. The monoisotopic (exact) mass is 471 g/mol. The van der Waals surface area contributed by atoms with E-state index in [0.29, 0.717) is 13.2 Å². The van der Waals surface area contributed by atoms with E-state index in [0.717, 1.165) is 22.3 Å². The van der Waals surface area contributed by atoms with Crippen LogP contribution in [0, 0.1) is 0 Å². The Morgan fingerprint density at radius 1 is 0.714 bits per heavy atom. The predicted molar refractivity (Wildman–Crippen MR) is 133 cm³/mol. The SMILES string of the molecule is [N-]=[N+]=N[C@H]1C=C(COCc2ccccc2)[C@@H](OCc2ccccc2)[C@H](O)[C@H]1OCc1ccccc1. The third kappa shape index (κ3) is 7.02. The lowest BCUT2D eigenvalue weighted by Gasteiger charge is -2.38. The molecule has 0 amide bonds. The second kappa shape index (κ2) is 12.9. The third-order valence-corrected chi connectivity index (χ3v) is 5.86. The average molecular weight is 472 g/mol. The third-order valence-electron chi connectivity index (χ3n) is 5.86. The number of benzene rings is 3. The van der Waals surface area contributed by atoms with Crippen molar-refractivity contribution >= 4 is 0 Å². The first-order chi connectivity index (χ1) is 17.2. The smallest absolute Gasteiger partial charge is 0.111 e. The lowest BCUT2D eigenvalue weighted by Crippen LogP contribution is -2.50. The summed E-state index contributed by atoms with van der Waals surface area (Å²) in [5.41, 5.74) is 12.9. The van der Waals surface area contributed by atoms with E-state index < -0.39 is 24.4 Å². The molecular formula is C28H29N3O4. The standard InChI is InChI=1S/C28H29N3O4/c29-31-30-25-16-24(20-33-17-21-10-4-1-5-11-21)27(34-18-22-12-6-2-7-13-22)26(32)28(25)35-19-23-14-8-3-9-15-23/h1-16,25-28,32H,17-20H2/t25-,26-,27+,28-/m0/s1. The van der Waals surface area contributed by atoms with Gasteiger partial charge < -0.3 is 19.3 Å². The molecule has 1 aliphatic rings. The average Bonchev–Trinajstić information content (AvgIpc) is 2.90. The van der Waals surface area contributed by atoms with E-state index in [1.165, 1.54) is 0 Å². The highest BCUT2D eigenvalue weighted by atomic mass is 16.5. The van der Waals surface area contributed by atoms with Gasteiger partial charge in [0.25, 0.3) is 0 Å². The highest BCUT2D eigenvalue weighted by molar-refractivity contribution is 5.24. The topological polar surface area (TPSA) is 96.7 Å². The summed E-state index contributed by atoms with van der Waals surface area (Å²) in [4.78, 5) is 2.99. The van der Waals surface area contributed by atoms with Gasteiger partial charge >= 0.3 is 0 Å². The van der Waals surface area contributed by atoms with Gasteiger partial charge in [-0.2, -0.15) is 0 Å². The summed E-state index contributed by atoms with van der Waals surface area (Å²) in [6.07, 6.45) is -0.664. The van der Waals surface area contributed by atoms with E-state index >= 15 is 0 Å². The first kappa shape index (κ1) is 24.7. The molecule has 4 atom stereocenters. The van der Waals surface area contributed by atoms with E-state index in [-0.39, 0.29) is 13.2 Å². The van der Waals surface area contributed by atoms with Gasteiger partial charge in [-0.25, -0.2) is 0 Å². The Kier molecular flexibility index (Phi) is 9.06. The number of hydrogen-bond donors (Lipinski definition) is 1. The molecule has 0 radical (unpaired) electrons. The van der Waals surface area contributed by atoms with Crippen molar-refractivity contribution in [2.45, 2.75) is 44.2 Å². The van der Waals surface area contributed by atoms with Crippen LogP contribution in [-0.2, 0) is 34.0 Å². The molecule has 0 fully saturated rings. The van der Waals surface area contributed by atoms with E-state index in [1.54, 1.807) is 0 Å². The Morgan fingerprint density at radius 2 is 1.23 bits per heavy atom. The molecule has 180 valence electrons. The van der Waals surface area contributed by atoms with E-state index in [1.807, 2.05) is 97.1 Å². The Morgan fingerprint density at radius 3 is 1.77 bits per heavy atom. The van der Waals surface area contributed by atoms with Gasteiger partial charge in [0.2, 0.25) is 0 Å². The molecule has 7 heteroatoms. The van der Waals surface area contributed by atoms with Crippen LogP contribution in [0.15, 0.2) is 108 Å². The Hall–Kier alpha value is -3.45. The summed E-state index contributed by atoms with van der Waals surface area (Å²) in [6, 6.07) is 28.6. The zero-order chi connectivity index (χ0) is 24.3. The molecule has 3 aromatic carbocycles. The maximum atomic E-state index is 11.3. The van der Waals surface area contributed by atoms with Gasteiger partial charge in [-0.3, -0.25) is 0 Å². The molecule has 7 nitrogen and oxygen atoms in total. The van der Waals surface area contributed by atoms with Crippen molar-refractivity contribution in [3.8, 4) is 0 Å². The molecule has 0 heterocycles. The summed E-state index contributed by atoms with van der Waals surface area (Å²) in [5.74, 6) is 0. The van der Waals surface area contributed by atoms with Gasteiger partial charge in [-0.15, -0.1) is 0 Å². The largest absolute Gasteiger partial charge is 0.387 e. The highest BCUT2D eigenvalue weighted by Crippen LogP contribution is 2.29. The summed E-state index contributed by atoms with van der Waals surface area (Å²) >= 11 is 0. The molecule has 3 aromatic rings. The second-order valence-corrected chi connectivity index (χ2v) is 8.38. The normalized spacial score (nSPS) is 21.7. The molecule has 4 rings (SSSR count). The Bertz CT molecular complexity index is 1120. The molecule has 0 bridgehead atoms. The van der Waals surface area contributed by atoms with Crippen molar-refractivity contribution in [2.24, 2.45) is 5.11 Å². The van der Waals surface area contributed by atoms with Crippen molar-refractivity contribution in [1.82, 2.24) is 0 Å². The van der Waals surface area contributed by atoms with Gasteiger partial charge in [-0.05, 0) is 27.8 Å². The zero-order valence-corrected chi connectivity index (χ0v) is 19.4. The first-order valence-electron chi connectivity index (χ1n) is 11.6. The van der Waals surface area contributed by atoms with Gasteiger partial charge in [0.05, 0.1) is 38.6 Å². The van der Waals surface area contributed by atoms with Crippen molar-refractivity contribution in [3.05, 3.63) is 130 Å². The number of azide groups is 1. The summed E-state index contributed by atoms with van der Waals surface area (Å²) in [7, 11) is 0. The van der Waals surface area contributed by atoms with Gasteiger partial charge in [0.1, 0.15) is 12.2 Å². The number of aliphatic hydroxyl groups excluding tert-OH is 1. The van der Waals surface area contributed by atoms with Crippen LogP contribution < -0.4 is 0 Å². The summed E-state index contributed by atoms with van der Waals surface area (Å²) < 4.78 is 18.2. The van der Waals surface area contributed by atoms with Crippen LogP contribution in [0.5, 0.6) is 0 Å². The van der Waals surface area contributed by atoms with Crippen LogP contribution >= 0.6 is 0 Å². The summed E-state index contributed by atoms with van der Waals surface area (Å²) in [5, 5.41) is 15.2. The molecule has 1 N–H and O–H groups in total. The lowest BCUT2D eigenvalue weighted by atomic mass is 9.88. The van der Waals surface area contributed by atoms with Crippen LogP contribution in [0.2, 0.25) is 0 Å². The number of nitrogens with zero attached hydrogens (tertiary/aromatic N) is 3. The molecule has 0 saturated carbocycles. The highest BCUT2D eigenvalue weighted by Gasteiger charge is 2.40. The minimum Gasteiger partial charge on any atom is -0.387 e. The molecular weight excluding hydrogens is 442 g/mol. The first-order valence-corrected chi connectivity index (χ1v) is 11.6. The van der Waals surface area contributed by atoms with Gasteiger partial charge in [-0.1, -0.05) is 102 Å². The molecule has 0 unspecified atom stereocenters. The zero-order valence-electron chi connectivity index (χ0n) is 19.4. The van der Waals surface area contributed by atoms with Crippen LogP contribution in [0.4, 0.5) is 0 Å². The number of rotatable bonds is 11. The Labute approximate surface area is 205 Å². The molecule has 0 aliphatic heterocycles. The quantitative estimate of drug-likeness (QED) is 0.176. The van der Waals surface area contributed by atoms with Crippen LogP contribution in [0.3, 0.4) is 0 Å². The number of ether oxygens (including phenoxy) is 3. The van der Waals surface area contributed by atoms with E-state index in [2.05, 4.69) is 10.0 Å². The Balaban J connectivity index is 1.52. The van der Waals surface area contributed by atoms with Gasteiger partial charge in [0, 0.05) is 4.91 Å². The van der Waals surface area contributed by atoms with Crippen molar-refractivity contribution in [3.63, 3.8) is 0 Å². The van der Waals surface area contributed by atoms with Gasteiger partial charge in [0.15, 0.2) is 0 Å². The number of aliphatic hydroxyl groups is 1. The fourth-order valence-corrected chi connectivity index (χ4v) is 4.08. The minimum atomic E-state index is -1.04. The molecule has 1 aliphatic carbocycles. The van der Waals surface area contributed by atoms with Crippen LogP contribution in [0.25, 0.3) is 10.4 Å². The second-order valence-electron chi connectivity index (χ2n) is 8.38. The molecule has 0 spiro atoms. The minimum absolute atomic E-state index is 0.230. The molecule has 0 saturated heterocycles.